The van der Waals surface area contributed by atoms with Crippen molar-refractivity contribution in [1.82, 2.24) is 0 Å². The van der Waals surface area contributed by atoms with E-state index in [4.69, 9.17) is 4.74 Å². The van der Waals surface area contributed by atoms with Crippen LogP contribution in [-0.4, -0.2) is 5.91 Å². The summed E-state index contributed by atoms with van der Waals surface area (Å²) in [6.07, 6.45) is 6.83. The van der Waals surface area contributed by atoms with E-state index in [1.165, 1.54) is 12.1 Å². The van der Waals surface area contributed by atoms with Crippen molar-refractivity contribution in [1.29, 1.82) is 0 Å². The van der Waals surface area contributed by atoms with Crippen molar-refractivity contribution >= 4 is 11.6 Å². The summed E-state index contributed by atoms with van der Waals surface area (Å²) in [7, 11) is 0. The SMILES string of the molecule is O=C(Nc1cccc(OCc2ccc(F)cc2)c1)C1CC=CCC1. The highest BCUT2D eigenvalue weighted by molar-refractivity contribution is 5.92. The van der Waals surface area contributed by atoms with Gasteiger partial charge in [0.1, 0.15) is 18.2 Å². The zero-order chi connectivity index (χ0) is 16.8. The zero-order valence-electron chi connectivity index (χ0n) is 13.4. The molecule has 2 aromatic rings. The van der Waals surface area contributed by atoms with Gasteiger partial charge in [0.15, 0.2) is 0 Å². The predicted octanol–water partition coefficient (Wildman–Crippen LogP) is 4.70. The van der Waals surface area contributed by atoms with Gasteiger partial charge >= 0.3 is 0 Å². The number of amides is 1. The molecule has 1 unspecified atom stereocenters. The van der Waals surface area contributed by atoms with Crippen LogP contribution in [-0.2, 0) is 11.4 Å². The molecule has 3 nitrogen and oxygen atoms in total. The fraction of sp³-hybridized carbons (Fsp3) is 0.250. The molecule has 24 heavy (non-hydrogen) atoms. The molecule has 1 atom stereocenters. The molecule has 0 aromatic heterocycles. The van der Waals surface area contributed by atoms with Crippen molar-refractivity contribution < 1.29 is 13.9 Å². The van der Waals surface area contributed by atoms with Gasteiger partial charge in [0.05, 0.1) is 0 Å². The number of rotatable bonds is 5. The Labute approximate surface area is 141 Å². The molecule has 1 N–H and O–H groups in total. The Bertz CT molecular complexity index is 725. The first-order chi connectivity index (χ1) is 11.7. The molecule has 1 amide bonds. The van der Waals surface area contributed by atoms with Crippen LogP contribution in [0.3, 0.4) is 0 Å². The minimum atomic E-state index is -0.263. The van der Waals surface area contributed by atoms with Gasteiger partial charge in [-0.05, 0) is 49.1 Å². The number of carbonyl (C=O) groups excluding carboxylic acids is 1. The highest BCUT2D eigenvalue weighted by Crippen LogP contribution is 2.23. The van der Waals surface area contributed by atoms with Gasteiger partial charge in [-0.15, -0.1) is 0 Å². The second-order valence-corrected chi connectivity index (χ2v) is 5.91. The average Bonchev–Trinajstić information content (AvgIpc) is 2.62. The fourth-order valence-corrected chi connectivity index (χ4v) is 2.69. The molecule has 0 saturated carbocycles. The van der Waals surface area contributed by atoms with E-state index in [1.54, 1.807) is 18.2 Å². The van der Waals surface area contributed by atoms with Crippen LogP contribution < -0.4 is 10.1 Å². The molecule has 3 rings (SSSR count). The summed E-state index contributed by atoms with van der Waals surface area (Å²) in [5.41, 5.74) is 1.62. The Morgan fingerprint density at radius 3 is 2.75 bits per heavy atom. The molecule has 124 valence electrons. The minimum Gasteiger partial charge on any atom is -0.489 e. The number of anilines is 1. The Balaban J connectivity index is 1.58. The lowest BCUT2D eigenvalue weighted by molar-refractivity contribution is -0.120. The van der Waals surface area contributed by atoms with Crippen LogP contribution in [0, 0.1) is 11.7 Å². The summed E-state index contributed by atoms with van der Waals surface area (Å²) in [5.74, 6) is 0.496. The quantitative estimate of drug-likeness (QED) is 0.809. The van der Waals surface area contributed by atoms with Gasteiger partial charge in [-0.25, -0.2) is 4.39 Å². The standard InChI is InChI=1S/C20H20FNO2/c21-17-11-9-15(10-12-17)14-24-19-8-4-7-18(13-19)22-20(23)16-5-2-1-3-6-16/h1-2,4,7-13,16H,3,5-6,14H2,(H,22,23). The minimum absolute atomic E-state index is 0.0405. The molecular weight excluding hydrogens is 305 g/mol. The second-order valence-electron chi connectivity index (χ2n) is 5.91. The number of nitrogens with one attached hydrogen (secondary N) is 1. The summed E-state index contributed by atoms with van der Waals surface area (Å²) in [6.45, 7) is 0.352. The van der Waals surface area contributed by atoms with Gasteiger partial charge in [0.2, 0.25) is 5.91 Å². The van der Waals surface area contributed by atoms with Crippen molar-refractivity contribution in [3.05, 3.63) is 72.1 Å². The van der Waals surface area contributed by atoms with Gasteiger partial charge in [-0.2, -0.15) is 0 Å². The maximum Gasteiger partial charge on any atom is 0.227 e. The predicted molar refractivity (Wildman–Crippen MR) is 92.3 cm³/mol. The molecular formula is C20H20FNO2. The molecule has 0 saturated heterocycles. The molecule has 0 bridgehead atoms. The number of benzene rings is 2. The number of hydrogen-bond donors (Lipinski definition) is 1. The summed E-state index contributed by atoms with van der Waals surface area (Å²) >= 11 is 0. The van der Waals surface area contributed by atoms with Crippen LogP contribution in [0.2, 0.25) is 0 Å². The van der Waals surface area contributed by atoms with E-state index in [0.29, 0.717) is 12.4 Å². The van der Waals surface area contributed by atoms with E-state index < -0.39 is 0 Å². The summed E-state index contributed by atoms with van der Waals surface area (Å²) in [6, 6.07) is 13.5. The van der Waals surface area contributed by atoms with Gasteiger partial charge in [-0.1, -0.05) is 30.4 Å². The van der Waals surface area contributed by atoms with Crippen LogP contribution in [0.15, 0.2) is 60.7 Å². The van der Waals surface area contributed by atoms with Crippen LogP contribution in [0.5, 0.6) is 5.75 Å². The highest BCUT2D eigenvalue weighted by Gasteiger charge is 2.18. The van der Waals surface area contributed by atoms with Crippen molar-refractivity contribution in [3.63, 3.8) is 0 Å². The third kappa shape index (κ3) is 4.44. The molecule has 0 spiro atoms. The first-order valence-corrected chi connectivity index (χ1v) is 8.14. The molecule has 0 heterocycles. The number of halogens is 1. The summed E-state index contributed by atoms with van der Waals surface area (Å²) < 4.78 is 18.6. The molecule has 4 heteroatoms. The monoisotopic (exact) mass is 325 g/mol. The van der Waals surface area contributed by atoms with Gasteiger partial charge in [0.25, 0.3) is 0 Å². The number of carbonyl (C=O) groups is 1. The first kappa shape index (κ1) is 16.2. The average molecular weight is 325 g/mol. The third-order valence-corrected chi connectivity index (χ3v) is 4.06. The number of ether oxygens (including phenoxy) is 1. The molecule has 0 radical (unpaired) electrons. The maximum absolute atomic E-state index is 12.9. The summed E-state index contributed by atoms with van der Waals surface area (Å²) in [4.78, 5) is 12.3. The van der Waals surface area contributed by atoms with Crippen molar-refractivity contribution in [2.24, 2.45) is 5.92 Å². The Morgan fingerprint density at radius 1 is 1.17 bits per heavy atom. The number of hydrogen-bond acceptors (Lipinski definition) is 2. The van der Waals surface area contributed by atoms with E-state index in [1.807, 2.05) is 18.2 Å². The van der Waals surface area contributed by atoms with Gasteiger partial charge < -0.3 is 10.1 Å². The van der Waals surface area contributed by atoms with E-state index in [9.17, 15) is 9.18 Å². The van der Waals surface area contributed by atoms with Crippen molar-refractivity contribution in [2.75, 3.05) is 5.32 Å². The first-order valence-electron chi connectivity index (χ1n) is 8.14. The molecule has 2 aromatic carbocycles. The molecule has 1 aliphatic carbocycles. The highest BCUT2D eigenvalue weighted by atomic mass is 19.1. The second kappa shape index (κ2) is 7.77. The maximum atomic E-state index is 12.9. The lowest BCUT2D eigenvalue weighted by Gasteiger charge is -2.17. The van der Waals surface area contributed by atoms with Crippen LogP contribution in [0.25, 0.3) is 0 Å². The normalized spacial score (nSPS) is 16.6. The zero-order valence-corrected chi connectivity index (χ0v) is 13.4. The largest absolute Gasteiger partial charge is 0.489 e. The summed E-state index contributed by atoms with van der Waals surface area (Å²) in [5, 5.41) is 2.96. The van der Waals surface area contributed by atoms with Gasteiger partial charge in [-0.3, -0.25) is 4.79 Å². The van der Waals surface area contributed by atoms with Gasteiger partial charge in [0, 0.05) is 17.7 Å². The van der Waals surface area contributed by atoms with Crippen LogP contribution in [0.1, 0.15) is 24.8 Å². The molecule has 1 aliphatic rings. The Morgan fingerprint density at radius 2 is 2.00 bits per heavy atom. The van der Waals surface area contributed by atoms with Crippen molar-refractivity contribution in [2.45, 2.75) is 25.9 Å². The third-order valence-electron chi connectivity index (χ3n) is 4.06. The lowest BCUT2D eigenvalue weighted by Crippen LogP contribution is -2.23. The van der Waals surface area contributed by atoms with E-state index >= 15 is 0 Å². The van der Waals surface area contributed by atoms with E-state index in [2.05, 4.69) is 17.5 Å². The lowest BCUT2D eigenvalue weighted by atomic mass is 9.93. The Hall–Kier alpha value is -2.62. The van der Waals surface area contributed by atoms with E-state index in [-0.39, 0.29) is 17.6 Å². The fourth-order valence-electron chi connectivity index (χ4n) is 2.69. The smallest absolute Gasteiger partial charge is 0.227 e. The number of allylic oxidation sites excluding steroid dienone is 2. The molecule has 0 fully saturated rings. The van der Waals surface area contributed by atoms with Crippen LogP contribution >= 0.6 is 0 Å². The van der Waals surface area contributed by atoms with E-state index in [0.717, 1.165) is 30.5 Å². The van der Waals surface area contributed by atoms with Crippen LogP contribution in [0.4, 0.5) is 10.1 Å². The Kier molecular flexibility index (Phi) is 5.26. The topological polar surface area (TPSA) is 38.3 Å². The van der Waals surface area contributed by atoms with Crippen molar-refractivity contribution in [3.8, 4) is 5.75 Å². The molecule has 0 aliphatic heterocycles.